The van der Waals surface area contributed by atoms with E-state index in [0.29, 0.717) is 19.1 Å². The van der Waals surface area contributed by atoms with Gasteiger partial charge in [0, 0.05) is 6.54 Å². The Balaban J connectivity index is 2.13. The average molecular weight is 141 g/mol. The molecule has 1 saturated carbocycles. The number of carbonyl (C=O) groups excluding carboxylic acids is 1. The van der Waals surface area contributed by atoms with Gasteiger partial charge in [-0.05, 0) is 12.3 Å². The lowest BCUT2D eigenvalue weighted by molar-refractivity contribution is -0.142. The minimum atomic E-state index is -0.405. The van der Waals surface area contributed by atoms with Crippen LogP contribution in [0.1, 0.15) is 13.3 Å². The summed E-state index contributed by atoms with van der Waals surface area (Å²) in [5.41, 5.74) is -0.405. The molecule has 2 atom stereocenters. The number of nitrogens with one attached hydrogen (secondary N) is 1. The summed E-state index contributed by atoms with van der Waals surface area (Å²) in [5, 5.41) is 2.80. The number of hydrogen-bond acceptors (Lipinski definition) is 2. The number of carbonyl (C=O) groups is 1. The summed E-state index contributed by atoms with van der Waals surface area (Å²) in [6.45, 7) is 3.40. The van der Waals surface area contributed by atoms with Crippen LogP contribution in [0.25, 0.3) is 0 Å². The highest BCUT2D eigenvalue weighted by Gasteiger charge is 2.59. The molecule has 1 heterocycles. The first kappa shape index (κ1) is 6.16. The van der Waals surface area contributed by atoms with Gasteiger partial charge in [0.1, 0.15) is 5.60 Å². The molecule has 3 heteroatoms. The van der Waals surface area contributed by atoms with Gasteiger partial charge in [0.05, 0.1) is 6.61 Å². The lowest BCUT2D eigenvalue weighted by Gasteiger charge is -2.22. The molecule has 2 rings (SSSR count). The minimum Gasteiger partial charge on any atom is -0.363 e. The van der Waals surface area contributed by atoms with Crippen LogP contribution in [0.15, 0.2) is 0 Å². The Bertz CT molecular complexity index is 180. The van der Waals surface area contributed by atoms with Gasteiger partial charge in [-0.15, -0.1) is 0 Å². The number of morpholine rings is 1. The van der Waals surface area contributed by atoms with Crippen molar-refractivity contribution in [2.24, 2.45) is 5.92 Å². The Kier molecular flexibility index (Phi) is 1.06. The monoisotopic (exact) mass is 141 g/mol. The molecule has 0 aromatic rings. The summed E-state index contributed by atoms with van der Waals surface area (Å²) in [5.74, 6) is 0.513. The van der Waals surface area contributed by atoms with Crippen molar-refractivity contribution in [1.82, 2.24) is 5.32 Å². The molecule has 0 bridgehead atoms. The van der Waals surface area contributed by atoms with Crippen molar-refractivity contribution in [2.75, 3.05) is 13.2 Å². The van der Waals surface area contributed by atoms with Gasteiger partial charge in [0.15, 0.2) is 0 Å². The third kappa shape index (κ3) is 0.611. The molecule has 0 aromatic carbocycles. The molecule has 1 spiro atoms. The molecule has 1 aliphatic carbocycles. The SMILES string of the molecule is CC1CC12OCCNC2=O. The van der Waals surface area contributed by atoms with Crippen LogP contribution in [-0.2, 0) is 9.53 Å². The number of rotatable bonds is 0. The number of ether oxygens (including phenoxy) is 1. The Morgan fingerprint density at radius 1 is 1.80 bits per heavy atom. The lowest BCUT2D eigenvalue weighted by Crippen LogP contribution is -2.47. The maximum Gasteiger partial charge on any atom is 0.252 e. The molecular weight excluding hydrogens is 130 g/mol. The van der Waals surface area contributed by atoms with E-state index in [2.05, 4.69) is 5.32 Å². The zero-order chi connectivity index (χ0) is 7.19. The van der Waals surface area contributed by atoms with Crippen LogP contribution in [0.2, 0.25) is 0 Å². The van der Waals surface area contributed by atoms with Crippen LogP contribution in [0, 0.1) is 5.92 Å². The number of hydrogen-bond donors (Lipinski definition) is 1. The largest absolute Gasteiger partial charge is 0.363 e. The second-order valence-corrected chi connectivity index (χ2v) is 3.10. The van der Waals surface area contributed by atoms with Gasteiger partial charge in [0.25, 0.3) is 5.91 Å². The predicted molar refractivity (Wildman–Crippen MR) is 35.5 cm³/mol. The summed E-state index contributed by atoms with van der Waals surface area (Å²) >= 11 is 0. The molecule has 0 radical (unpaired) electrons. The van der Waals surface area contributed by atoms with E-state index >= 15 is 0 Å². The van der Waals surface area contributed by atoms with Gasteiger partial charge in [-0.3, -0.25) is 4.79 Å². The van der Waals surface area contributed by atoms with Gasteiger partial charge in [0.2, 0.25) is 0 Å². The highest BCUT2D eigenvalue weighted by Crippen LogP contribution is 2.47. The fourth-order valence-corrected chi connectivity index (χ4v) is 1.53. The second-order valence-electron chi connectivity index (χ2n) is 3.10. The Labute approximate surface area is 59.7 Å². The highest BCUT2D eigenvalue weighted by molar-refractivity contribution is 5.89. The van der Waals surface area contributed by atoms with Crippen LogP contribution in [-0.4, -0.2) is 24.7 Å². The molecule has 10 heavy (non-hydrogen) atoms. The molecule has 1 amide bonds. The molecule has 2 aliphatic rings. The summed E-state index contributed by atoms with van der Waals surface area (Å²) in [6, 6.07) is 0. The van der Waals surface area contributed by atoms with E-state index in [1.807, 2.05) is 6.92 Å². The standard InChI is InChI=1S/C7H11NO2/c1-5-4-7(5)6(9)8-2-3-10-7/h5H,2-4H2,1H3,(H,8,9). The van der Waals surface area contributed by atoms with Crippen molar-refractivity contribution in [3.63, 3.8) is 0 Å². The zero-order valence-electron chi connectivity index (χ0n) is 6.02. The summed E-state index contributed by atoms with van der Waals surface area (Å²) in [7, 11) is 0. The molecule has 56 valence electrons. The average Bonchev–Trinajstić information content (AvgIpc) is 2.53. The van der Waals surface area contributed by atoms with Crippen LogP contribution in [0.3, 0.4) is 0 Å². The molecule has 1 N–H and O–H groups in total. The second kappa shape index (κ2) is 1.72. The third-order valence-corrected chi connectivity index (χ3v) is 2.38. The molecule has 1 saturated heterocycles. The maximum atomic E-state index is 11.2. The van der Waals surface area contributed by atoms with Crippen LogP contribution in [0.5, 0.6) is 0 Å². The predicted octanol–water partition coefficient (Wildman–Crippen LogP) is -0.0886. The maximum absolute atomic E-state index is 11.2. The zero-order valence-corrected chi connectivity index (χ0v) is 6.02. The fraction of sp³-hybridized carbons (Fsp3) is 0.857. The molecular formula is C7H11NO2. The number of amides is 1. The molecule has 0 aromatic heterocycles. The van der Waals surface area contributed by atoms with Crippen molar-refractivity contribution in [3.8, 4) is 0 Å². The molecule has 3 nitrogen and oxygen atoms in total. The molecule has 2 fully saturated rings. The van der Waals surface area contributed by atoms with E-state index in [4.69, 9.17) is 4.74 Å². The van der Waals surface area contributed by atoms with E-state index in [0.717, 1.165) is 6.42 Å². The fourth-order valence-electron chi connectivity index (χ4n) is 1.53. The summed E-state index contributed by atoms with van der Waals surface area (Å²) in [4.78, 5) is 11.2. The lowest BCUT2D eigenvalue weighted by atomic mass is 10.2. The highest BCUT2D eigenvalue weighted by atomic mass is 16.5. The molecule has 2 unspecified atom stereocenters. The van der Waals surface area contributed by atoms with Gasteiger partial charge < -0.3 is 10.1 Å². The third-order valence-electron chi connectivity index (χ3n) is 2.38. The molecule has 1 aliphatic heterocycles. The van der Waals surface area contributed by atoms with Crippen molar-refractivity contribution in [3.05, 3.63) is 0 Å². The smallest absolute Gasteiger partial charge is 0.252 e. The quantitative estimate of drug-likeness (QED) is 0.512. The summed E-state index contributed by atoms with van der Waals surface area (Å²) < 4.78 is 5.39. The van der Waals surface area contributed by atoms with E-state index in [1.165, 1.54) is 0 Å². The van der Waals surface area contributed by atoms with Crippen LogP contribution >= 0.6 is 0 Å². The Morgan fingerprint density at radius 3 is 2.90 bits per heavy atom. The van der Waals surface area contributed by atoms with E-state index in [1.54, 1.807) is 0 Å². The van der Waals surface area contributed by atoms with Crippen molar-refractivity contribution < 1.29 is 9.53 Å². The van der Waals surface area contributed by atoms with E-state index in [9.17, 15) is 4.79 Å². The minimum absolute atomic E-state index is 0.0891. The first-order valence-corrected chi connectivity index (χ1v) is 3.68. The van der Waals surface area contributed by atoms with Crippen molar-refractivity contribution >= 4 is 5.91 Å². The van der Waals surface area contributed by atoms with Gasteiger partial charge in [-0.25, -0.2) is 0 Å². The van der Waals surface area contributed by atoms with E-state index < -0.39 is 5.60 Å². The van der Waals surface area contributed by atoms with Gasteiger partial charge in [-0.2, -0.15) is 0 Å². The Hall–Kier alpha value is -0.570. The normalized spacial score (nSPS) is 45.3. The summed E-state index contributed by atoms with van der Waals surface area (Å²) in [6.07, 6.45) is 0.902. The first-order valence-electron chi connectivity index (χ1n) is 3.68. The van der Waals surface area contributed by atoms with Crippen molar-refractivity contribution in [2.45, 2.75) is 18.9 Å². The Morgan fingerprint density at radius 2 is 2.50 bits per heavy atom. The van der Waals surface area contributed by atoms with Gasteiger partial charge in [-0.1, -0.05) is 6.92 Å². The first-order chi connectivity index (χ1) is 4.76. The topological polar surface area (TPSA) is 38.3 Å². The van der Waals surface area contributed by atoms with Crippen LogP contribution < -0.4 is 5.32 Å². The van der Waals surface area contributed by atoms with Crippen LogP contribution in [0.4, 0.5) is 0 Å². The van der Waals surface area contributed by atoms with Gasteiger partial charge >= 0.3 is 0 Å². The van der Waals surface area contributed by atoms with Crippen molar-refractivity contribution in [1.29, 1.82) is 0 Å². The van der Waals surface area contributed by atoms with E-state index in [-0.39, 0.29) is 5.91 Å².